The minimum absolute atomic E-state index is 0.743. The van der Waals surface area contributed by atoms with Gasteiger partial charge in [0.25, 0.3) is 0 Å². The van der Waals surface area contributed by atoms with Crippen LogP contribution in [0.5, 0.6) is 5.75 Å². The Balaban J connectivity index is 2.41. The summed E-state index contributed by atoms with van der Waals surface area (Å²) in [5.74, 6) is 0.977. The van der Waals surface area contributed by atoms with E-state index in [2.05, 4.69) is 27.5 Å². The van der Waals surface area contributed by atoms with Crippen LogP contribution in [0.3, 0.4) is 0 Å². The number of halogens is 1. The van der Waals surface area contributed by atoms with Crippen molar-refractivity contribution in [2.75, 3.05) is 27.2 Å². The summed E-state index contributed by atoms with van der Waals surface area (Å²) in [5, 5.41) is 0. The first kappa shape index (κ1) is 10.8. The van der Waals surface area contributed by atoms with Gasteiger partial charge in [0.1, 0.15) is 12.4 Å². The number of para-hydroxylation sites is 1. The molecule has 13 heavy (non-hydrogen) atoms. The molecule has 0 bridgehead atoms. The molecule has 0 atom stereocenters. The van der Waals surface area contributed by atoms with Gasteiger partial charge in [-0.15, -0.1) is 0 Å². The largest absolute Gasteiger partial charge is 0.491 e. The number of likely N-dealkylation sites (N-methyl/N-ethyl adjacent to an activating group) is 1. The van der Waals surface area contributed by atoms with Crippen molar-refractivity contribution in [1.82, 2.24) is 4.90 Å². The van der Waals surface area contributed by atoms with Crippen LogP contribution in [0.15, 0.2) is 24.3 Å². The Bertz CT molecular complexity index is 263. The maximum atomic E-state index is 5.60. The molecule has 1 aromatic rings. The number of nitrogens with zero attached hydrogens (tertiary/aromatic N) is 1. The van der Waals surface area contributed by atoms with Gasteiger partial charge in [-0.25, -0.2) is 0 Å². The molecule has 3 heteroatoms. The second-order valence-corrected chi connectivity index (χ2v) is 4.24. The lowest BCUT2D eigenvalue weighted by atomic mass is 10.3. The van der Waals surface area contributed by atoms with E-state index in [1.807, 2.05) is 38.4 Å². The zero-order chi connectivity index (χ0) is 9.68. The lowest BCUT2D eigenvalue weighted by Crippen LogP contribution is -2.19. The molecule has 72 valence electrons. The van der Waals surface area contributed by atoms with Gasteiger partial charge in [0.15, 0.2) is 0 Å². The molecule has 0 aliphatic carbocycles. The number of rotatable bonds is 4. The summed E-state index contributed by atoms with van der Waals surface area (Å²) in [6.45, 7) is 1.69. The Labute approximate surface area is 93.0 Å². The van der Waals surface area contributed by atoms with Crippen molar-refractivity contribution in [2.24, 2.45) is 0 Å². The molecule has 0 spiro atoms. The first-order chi connectivity index (χ1) is 6.20. The highest BCUT2D eigenvalue weighted by molar-refractivity contribution is 14.1. The van der Waals surface area contributed by atoms with Crippen molar-refractivity contribution in [3.63, 3.8) is 0 Å². The Morgan fingerprint density at radius 2 is 2.00 bits per heavy atom. The highest BCUT2D eigenvalue weighted by Gasteiger charge is 1.98. The van der Waals surface area contributed by atoms with Crippen molar-refractivity contribution >= 4 is 22.6 Å². The molecule has 0 heterocycles. The standard InChI is InChI=1S/C10H14INO/c1-12(2)7-8-13-10-6-4-3-5-9(10)11/h3-6H,7-8H2,1-2H3. The molecular weight excluding hydrogens is 277 g/mol. The van der Waals surface area contributed by atoms with Crippen LogP contribution in [-0.2, 0) is 0 Å². The molecule has 1 rings (SSSR count). The molecule has 0 saturated carbocycles. The van der Waals surface area contributed by atoms with Crippen LogP contribution in [0.1, 0.15) is 0 Å². The third kappa shape index (κ3) is 3.95. The Kier molecular flexibility index (Phi) is 4.52. The molecule has 0 amide bonds. The van der Waals surface area contributed by atoms with E-state index in [0.717, 1.165) is 18.9 Å². The molecule has 0 fully saturated rings. The molecule has 0 saturated heterocycles. The molecule has 0 unspecified atom stereocenters. The Hall–Kier alpha value is -0.290. The van der Waals surface area contributed by atoms with Crippen LogP contribution in [0, 0.1) is 3.57 Å². The van der Waals surface area contributed by atoms with Gasteiger partial charge in [-0.05, 0) is 48.8 Å². The van der Waals surface area contributed by atoms with Crippen LogP contribution >= 0.6 is 22.6 Å². The third-order valence-electron chi connectivity index (χ3n) is 1.63. The van der Waals surface area contributed by atoms with E-state index in [1.54, 1.807) is 0 Å². The van der Waals surface area contributed by atoms with Crippen molar-refractivity contribution in [2.45, 2.75) is 0 Å². The minimum atomic E-state index is 0.743. The molecule has 0 aliphatic rings. The maximum absolute atomic E-state index is 5.60. The summed E-state index contributed by atoms with van der Waals surface area (Å²) >= 11 is 2.28. The summed E-state index contributed by atoms with van der Waals surface area (Å²) in [6.07, 6.45) is 0. The molecule has 0 radical (unpaired) electrons. The summed E-state index contributed by atoms with van der Waals surface area (Å²) in [7, 11) is 4.08. The summed E-state index contributed by atoms with van der Waals surface area (Å²) in [4.78, 5) is 2.11. The second-order valence-electron chi connectivity index (χ2n) is 3.08. The Morgan fingerprint density at radius 3 is 2.62 bits per heavy atom. The predicted octanol–water partition coefficient (Wildman–Crippen LogP) is 2.23. The average Bonchev–Trinajstić information content (AvgIpc) is 2.08. The highest BCUT2D eigenvalue weighted by atomic mass is 127. The molecular formula is C10H14INO. The topological polar surface area (TPSA) is 12.5 Å². The lowest BCUT2D eigenvalue weighted by Gasteiger charge is -2.11. The third-order valence-corrected chi connectivity index (χ3v) is 2.52. The fraction of sp³-hybridized carbons (Fsp3) is 0.400. The Morgan fingerprint density at radius 1 is 1.31 bits per heavy atom. The first-order valence-electron chi connectivity index (χ1n) is 4.22. The van der Waals surface area contributed by atoms with Gasteiger partial charge in [0.2, 0.25) is 0 Å². The lowest BCUT2D eigenvalue weighted by molar-refractivity contribution is 0.260. The van der Waals surface area contributed by atoms with Crippen molar-refractivity contribution in [3.8, 4) is 5.75 Å². The van der Waals surface area contributed by atoms with E-state index in [0.29, 0.717) is 0 Å². The number of ether oxygens (including phenoxy) is 1. The van der Waals surface area contributed by atoms with Crippen molar-refractivity contribution in [3.05, 3.63) is 27.8 Å². The van der Waals surface area contributed by atoms with Crippen LogP contribution in [0.2, 0.25) is 0 Å². The quantitative estimate of drug-likeness (QED) is 0.789. The maximum Gasteiger partial charge on any atom is 0.132 e. The minimum Gasteiger partial charge on any atom is -0.491 e. The molecule has 0 aliphatic heterocycles. The molecule has 1 aromatic carbocycles. The SMILES string of the molecule is CN(C)CCOc1ccccc1I. The van der Waals surface area contributed by atoms with E-state index in [9.17, 15) is 0 Å². The van der Waals surface area contributed by atoms with Crippen LogP contribution in [0.4, 0.5) is 0 Å². The molecule has 2 nitrogen and oxygen atoms in total. The van der Waals surface area contributed by atoms with E-state index in [-0.39, 0.29) is 0 Å². The number of hydrogen-bond acceptors (Lipinski definition) is 2. The second kappa shape index (κ2) is 5.44. The number of benzene rings is 1. The number of hydrogen-bond donors (Lipinski definition) is 0. The normalized spacial score (nSPS) is 10.5. The zero-order valence-electron chi connectivity index (χ0n) is 7.96. The van der Waals surface area contributed by atoms with Crippen LogP contribution in [-0.4, -0.2) is 32.1 Å². The van der Waals surface area contributed by atoms with Gasteiger partial charge in [-0.1, -0.05) is 12.1 Å². The molecule has 0 N–H and O–H groups in total. The van der Waals surface area contributed by atoms with Gasteiger partial charge in [0, 0.05) is 6.54 Å². The smallest absolute Gasteiger partial charge is 0.132 e. The van der Waals surface area contributed by atoms with E-state index < -0.39 is 0 Å². The molecule has 0 aromatic heterocycles. The monoisotopic (exact) mass is 291 g/mol. The van der Waals surface area contributed by atoms with Crippen molar-refractivity contribution < 1.29 is 4.74 Å². The summed E-state index contributed by atoms with van der Waals surface area (Å²) < 4.78 is 6.76. The van der Waals surface area contributed by atoms with E-state index >= 15 is 0 Å². The predicted molar refractivity (Wildman–Crippen MR) is 63.2 cm³/mol. The zero-order valence-corrected chi connectivity index (χ0v) is 10.1. The van der Waals surface area contributed by atoms with Gasteiger partial charge in [-0.3, -0.25) is 0 Å². The highest BCUT2D eigenvalue weighted by Crippen LogP contribution is 2.19. The van der Waals surface area contributed by atoms with Gasteiger partial charge >= 0.3 is 0 Å². The van der Waals surface area contributed by atoms with Crippen LogP contribution < -0.4 is 4.74 Å². The van der Waals surface area contributed by atoms with E-state index in [1.165, 1.54) is 3.57 Å². The summed E-state index contributed by atoms with van der Waals surface area (Å²) in [6, 6.07) is 8.05. The first-order valence-corrected chi connectivity index (χ1v) is 5.30. The fourth-order valence-electron chi connectivity index (χ4n) is 0.900. The van der Waals surface area contributed by atoms with Crippen molar-refractivity contribution in [1.29, 1.82) is 0 Å². The van der Waals surface area contributed by atoms with Gasteiger partial charge in [-0.2, -0.15) is 0 Å². The summed E-state index contributed by atoms with van der Waals surface area (Å²) in [5.41, 5.74) is 0. The average molecular weight is 291 g/mol. The van der Waals surface area contributed by atoms with Gasteiger partial charge in [0.05, 0.1) is 3.57 Å². The fourth-order valence-corrected chi connectivity index (χ4v) is 1.44. The van der Waals surface area contributed by atoms with E-state index in [4.69, 9.17) is 4.74 Å². The van der Waals surface area contributed by atoms with Gasteiger partial charge < -0.3 is 9.64 Å². The van der Waals surface area contributed by atoms with Crippen LogP contribution in [0.25, 0.3) is 0 Å².